The zero-order chi connectivity index (χ0) is 12.4. The van der Waals surface area contributed by atoms with Crippen LogP contribution < -0.4 is 10.3 Å². The smallest absolute Gasteiger partial charge is 0.160 e. The van der Waals surface area contributed by atoms with E-state index in [-0.39, 0.29) is 0 Å². The average Bonchev–Trinajstić information content (AvgIpc) is 2.84. The molecule has 0 aliphatic heterocycles. The number of nitrogens with one attached hydrogen (secondary N) is 1. The largest absolute Gasteiger partial charge is 0.382 e. The number of hydrogen-bond donors (Lipinski definition) is 1. The van der Waals surface area contributed by atoms with Crippen LogP contribution in [0.3, 0.4) is 0 Å². The minimum Gasteiger partial charge on any atom is -0.382 e. The lowest BCUT2D eigenvalue weighted by atomic mass is 10.2. The minimum absolute atomic E-state index is 0.692. The molecule has 3 rings (SSSR count). The molecule has 90 valence electrons. The van der Waals surface area contributed by atoms with Gasteiger partial charge in [-0.05, 0) is 24.6 Å². The molecule has 0 saturated heterocycles. The Balaban J connectivity index is 1.76. The van der Waals surface area contributed by atoms with Gasteiger partial charge in [-0.25, -0.2) is 15.0 Å². The highest BCUT2D eigenvalue weighted by Gasteiger charge is 1.99. The lowest BCUT2D eigenvalue weighted by Crippen LogP contribution is -2.05. The average molecular weight is 240 g/mol. The predicted octanol–water partition coefficient (Wildman–Crippen LogP) is 2.44. The van der Waals surface area contributed by atoms with Gasteiger partial charge in [-0.15, -0.1) is 0 Å². The molecular formula is C13H12N4O. The normalized spacial score (nSPS) is 10.5. The van der Waals surface area contributed by atoms with Crippen LogP contribution in [0.2, 0.25) is 0 Å². The lowest BCUT2D eigenvalue weighted by molar-refractivity contribution is 0.405. The molecule has 5 heteroatoms. The number of pyridine rings is 1. The second-order valence-electron chi connectivity index (χ2n) is 4.00. The van der Waals surface area contributed by atoms with Crippen molar-refractivity contribution >= 4 is 11.3 Å². The zero-order valence-corrected chi connectivity index (χ0v) is 9.87. The number of aryl methyl sites for hydroxylation is 1. The fraction of sp³-hybridized carbons (Fsp3) is 0.0769. The van der Waals surface area contributed by atoms with Crippen molar-refractivity contribution in [3.05, 3.63) is 54.5 Å². The van der Waals surface area contributed by atoms with Gasteiger partial charge in [0, 0.05) is 18.3 Å². The van der Waals surface area contributed by atoms with Crippen molar-refractivity contribution in [2.24, 2.45) is 0 Å². The van der Waals surface area contributed by atoms with E-state index in [2.05, 4.69) is 15.6 Å². The molecule has 18 heavy (non-hydrogen) atoms. The molecule has 1 N–H and O–H groups in total. The maximum Gasteiger partial charge on any atom is 0.160 e. The van der Waals surface area contributed by atoms with Crippen molar-refractivity contribution in [2.45, 2.75) is 6.92 Å². The van der Waals surface area contributed by atoms with Crippen LogP contribution in [0, 0.1) is 6.92 Å². The Morgan fingerprint density at radius 2 is 2.17 bits per heavy atom. The lowest BCUT2D eigenvalue weighted by Gasteiger charge is -2.08. The number of hydrogen-bond acceptors (Lipinski definition) is 4. The molecule has 2 aromatic heterocycles. The Labute approximate surface area is 104 Å². The van der Waals surface area contributed by atoms with Crippen molar-refractivity contribution in [3.8, 4) is 5.75 Å². The van der Waals surface area contributed by atoms with Crippen LogP contribution in [0.1, 0.15) is 5.56 Å². The molecule has 1 aromatic carbocycles. The number of aromatic nitrogens is 3. The standard InChI is InChI=1S/C13H12N4O/c1-10-3-2-4-11(7-10)16-18-12-5-6-17-13(8-12)14-9-15-17/h2-9,16H,1H3. The number of fused-ring (bicyclic) bond motifs is 1. The van der Waals surface area contributed by atoms with Gasteiger partial charge in [-0.3, -0.25) is 0 Å². The summed E-state index contributed by atoms with van der Waals surface area (Å²) in [4.78, 5) is 9.59. The Morgan fingerprint density at radius 1 is 1.22 bits per heavy atom. The molecule has 3 aromatic rings. The number of anilines is 1. The summed E-state index contributed by atoms with van der Waals surface area (Å²) >= 11 is 0. The number of benzene rings is 1. The van der Waals surface area contributed by atoms with Gasteiger partial charge in [0.05, 0.1) is 5.69 Å². The second-order valence-corrected chi connectivity index (χ2v) is 4.00. The van der Waals surface area contributed by atoms with Crippen LogP contribution in [-0.2, 0) is 0 Å². The van der Waals surface area contributed by atoms with Crippen molar-refractivity contribution in [2.75, 3.05) is 5.48 Å². The number of nitrogens with zero attached hydrogens (tertiary/aromatic N) is 3. The summed E-state index contributed by atoms with van der Waals surface area (Å²) in [6.07, 6.45) is 3.31. The maximum absolute atomic E-state index is 5.49. The van der Waals surface area contributed by atoms with Crippen LogP contribution in [0.15, 0.2) is 48.9 Å². The van der Waals surface area contributed by atoms with Gasteiger partial charge in [0.25, 0.3) is 0 Å². The van der Waals surface area contributed by atoms with Gasteiger partial charge in [0.1, 0.15) is 6.33 Å². The Morgan fingerprint density at radius 3 is 3.06 bits per heavy atom. The second kappa shape index (κ2) is 4.37. The van der Waals surface area contributed by atoms with Gasteiger partial charge < -0.3 is 4.84 Å². The summed E-state index contributed by atoms with van der Waals surface area (Å²) in [5.41, 5.74) is 5.74. The van der Waals surface area contributed by atoms with Crippen LogP contribution in [0.25, 0.3) is 5.65 Å². The zero-order valence-electron chi connectivity index (χ0n) is 9.87. The first-order chi connectivity index (χ1) is 8.81. The topological polar surface area (TPSA) is 51.5 Å². The Kier molecular flexibility index (Phi) is 2.57. The summed E-state index contributed by atoms with van der Waals surface area (Å²) in [6.45, 7) is 2.04. The molecule has 0 radical (unpaired) electrons. The third-order valence-electron chi connectivity index (χ3n) is 2.56. The van der Waals surface area contributed by atoms with Crippen molar-refractivity contribution in [1.29, 1.82) is 0 Å². The third kappa shape index (κ3) is 2.10. The fourth-order valence-corrected chi connectivity index (χ4v) is 1.69. The summed E-state index contributed by atoms with van der Waals surface area (Å²) in [5, 5.41) is 4.02. The quantitative estimate of drug-likeness (QED) is 0.714. The van der Waals surface area contributed by atoms with Crippen molar-refractivity contribution in [1.82, 2.24) is 14.6 Å². The monoisotopic (exact) mass is 240 g/mol. The number of rotatable bonds is 3. The predicted molar refractivity (Wildman–Crippen MR) is 68.4 cm³/mol. The van der Waals surface area contributed by atoms with E-state index in [0.29, 0.717) is 5.75 Å². The van der Waals surface area contributed by atoms with E-state index in [9.17, 15) is 0 Å². The van der Waals surface area contributed by atoms with Crippen LogP contribution in [0.5, 0.6) is 5.75 Å². The van der Waals surface area contributed by atoms with E-state index in [1.54, 1.807) is 10.7 Å². The molecule has 0 bridgehead atoms. The molecule has 0 spiro atoms. The molecule has 0 aliphatic carbocycles. The van der Waals surface area contributed by atoms with Gasteiger partial charge in [0.15, 0.2) is 11.4 Å². The SMILES string of the molecule is Cc1cccc(NOc2ccn3ncnc3c2)c1. The summed E-state index contributed by atoms with van der Waals surface area (Å²) in [5.74, 6) is 0.692. The molecule has 0 aliphatic rings. The molecule has 0 unspecified atom stereocenters. The van der Waals surface area contributed by atoms with Gasteiger partial charge in [0.2, 0.25) is 0 Å². The van der Waals surface area contributed by atoms with E-state index >= 15 is 0 Å². The minimum atomic E-state index is 0.692. The molecule has 0 fully saturated rings. The van der Waals surface area contributed by atoms with E-state index < -0.39 is 0 Å². The Bertz CT molecular complexity index is 677. The van der Waals surface area contributed by atoms with Crippen molar-refractivity contribution in [3.63, 3.8) is 0 Å². The molecule has 2 heterocycles. The van der Waals surface area contributed by atoms with Gasteiger partial charge >= 0.3 is 0 Å². The highest BCUT2D eigenvalue weighted by atomic mass is 16.6. The molecule has 5 nitrogen and oxygen atoms in total. The summed E-state index contributed by atoms with van der Waals surface area (Å²) in [7, 11) is 0. The third-order valence-corrected chi connectivity index (χ3v) is 2.56. The maximum atomic E-state index is 5.49. The highest BCUT2D eigenvalue weighted by molar-refractivity contribution is 5.46. The van der Waals surface area contributed by atoms with Gasteiger partial charge in [-0.1, -0.05) is 12.1 Å². The Hall–Kier alpha value is -2.56. The first kappa shape index (κ1) is 10.6. The van der Waals surface area contributed by atoms with E-state index in [0.717, 1.165) is 11.3 Å². The molecule has 0 atom stereocenters. The summed E-state index contributed by atoms with van der Waals surface area (Å²) in [6, 6.07) is 11.6. The van der Waals surface area contributed by atoms with Crippen LogP contribution in [-0.4, -0.2) is 14.6 Å². The molecule has 0 saturated carbocycles. The molecular weight excluding hydrogens is 228 g/mol. The first-order valence-electron chi connectivity index (χ1n) is 5.60. The summed E-state index contributed by atoms with van der Waals surface area (Å²) < 4.78 is 1.68. The highest BCUT2D eigenvalue weighted by Crippen LogP contribution is 2.15. The fourth-order valence-electron chi connectivity index (χ4n) is 1.69. The van der Waals surface area contributed by atoms with Crippen molar-refractivity contribution < 1.29 is 4.84 Å². The first-order valence-corrected chi connectivity index (χ1v) is 5.60. The van der Waals surface area contributed by atoms with Crippen LogP contribution >= 0.6 is 0 Å². The van der Waals surface area contributed by atoms with Gasteiger partial charge in [-0.2, -0.15) is 5.10 Å². The van der Waals surface area contributed by atoms with E-state index in [1.165, 1.54) is 11.9 Å². The molecule has 0 amide bonds. The van der Waals surface area contributed by atoms with E-state index in [4.69, 9.17) is 4.84 Å². The van der Waals surface area contributed by atoms with E-state index in [1.807, 2.05) is 43.3 Å². The van der Waals surface area contributed by atoms with Crippen LogP contribution in [0.4, 0.5) is 5.69 Å².